The van der Waals surface area contributed by atoms with E-state index >= 15 is 0 Å². The van der Waals surface area contributed by atoms with Gasteiger partial charge in [-0.15, -0.1) is 0 Å². The Bertz CT molecular complexity index is 469. The van der Waals surface area contributed by atoms with Crippen molar-refractivity contribution in [3.8, 4) is 5.88 Å². The molecule has 0 radical (unpaired) electrons. The molecule has 1 saturated heterocycles. The fraction of sp³-hybridized carbons (Fsp3) is 0.667. The normalized spacial score (nSPS) is 23.8. The summed E-state index contributed by atoms with van der Waals surface area (Å²) in [5, 5.41) is 4.35. The monoisotopic (exact) mass is 252 g/mol. The number of rotatable bonds is 3. The van der Waals surface area contributed by atoms with E-state index in [1.165, 1.54) is 0 Å². The van der Waals surface area contributed by atoms with Gasteiger partial charge >= 0.3 is 0 Å². The lowest BCUT2D eigenvalue weighted by Gasteiger charge is -2.26. The van der Waals surface area contributed by atoms with E-state index in [9.17, 15) is 4.79 Å². The van der Waals surface area contributed by atoms with Crippen molar-refractivity contribution in [2.45, 2.75) is 32.4 Å². The second-order valence-corrected chi connectivity index (χ2v) is 4.62. The van der Waals surface area contributed by atoms with Gasteiger partial charge in [-0.1, -0.05) is 0 Å². The van der Waals surface area contributed by atoms with Crippen molar-refractivity contribution >= 4 is 5.91 Å². The van der Waals surface area contributed by atoms with Gasteiger partial charge < -0.3 is 15.4 Å². The summed E-state index contributed by atoms with van der Waals surface area (Å²) >= 11 is 0. The zero-order valence-electron chi connectivity index (χ0n) is 11.3. The predicted molar refractivity (Wildman–Crippen MR) is 67.2 cm³/mol. The minimum atomic E-state index is -0.200. The Balaban J connectivity index is 2.50. The highest BCUT2D eigenvalue weighted by molar-refractivity contribution is 5.80. The van der Waals surface area contributed by atoms with Gasteiger partial charge in [-0.25, -0.2) is 4.68 Å². The molecule has 0 saturated carbocycles. The molecular formula is C12H20N4O2. The number of likely N-dealkylation sites (tertiary alicyclic amines) is 1. The van der Waals surface area contributed by atoms with Gasteiger partial charge in [0.15, 0.2) is 0 Å². The molecule has 1 amide bonds. The highest BCUT2D eigenvalue weighted by atomic mass is 16.5. The van der Waals surface area contributed by atoms with Gasteiger partial charge in [0.2, 0.25) is 11.8 Å². The molecule has 1 aliphatic heterocycles. The number of nitrogens with two attached hydrogens (primary N) is 1. The Morgan fingerprint density at radius 1 is 1.56 bits per heavy atom. The molecule has 0 aliphatic carbocycles. The molecular weight excluding hydrogens is 232 g/mol. The first-order chi connectivity index (χ1) is 8.51. The fourth-order valence-electron chi connectivity index (χ4n) is 2.80. The molecule has 2 heterocycles. The van der Waals surface area contributed by atoms with Gasteiger partial charge in [0.25, 0.3) is 0 Å². The molecule has 0 aromatic carbocycles. The van der Waals surface area contributed by atoms with Crippen molar-refractivity contribution < 1.29 is 9.53 Å². The van der Waals surface area contributed by atoms with Gasteiger partial charge in [0, 0.05) is 26.1 Å². The van der Waals surface area contributed by atoms with Crippen LogP contribution in [0.2, 0.25) is 0 Å². The van der Waals surface area contributed by atoms with Crippen LogP contribution in [-0.2, 0) is 11.8 Å². The van der Waals surface area contributed by atoms with Crippen LogP contribution in [0, 0.1) is 6.92 Å². The number of amides is 1. The largest absolute Gasteiger partial charge is 0.481 e. The maximum atomic E-state index is 11.9. The summed E-state index contributed by atoms with van der Waals surface area (Å²) in [7, 11) is 3.44. The summed E-state index contributed by atoms with van der Waals surface area (Å²) in [4.78, 5) is 13.7. The lowest BCUT2D eigenvalue weighted by molar-refractivity contribution is -0.128. The molecule has 6 heteroatoms. The molecule has 2 unspecified atom stereocenters. The third kappa shape index (κ3) is 1.77. The molecule has 1 aromatic rings. The van der Waals surface area contributed by atoms with E-state index in [-0.39, 0.29) is 18.0 Å². The Hall–Kier alpha value is -1.56. The Kier molecular flexibility index (Phi) is 3.30. The summed E-state index contributed by atoms with van der Waals surface area (Å²) in [5.74, 6) is 0.779. The Morgan fingerprint density at radius 3 is 2.78 bits per heavy atom. The van der Waals surface area contributed by atoms with E-state index in [2.05, 4.69) is 5.10 Å². The molecule has 6 nitrogen and oxygen atoms in total. The summed E-state index contributed by atoms with van der Waals surface area (Å²) in [6, 6.07) is -0.333. The maximum absolute atomic E-state index is 11.9. The van der Waals surface area contributed by atoms with Crippen molar-refractivity contribution in [2.24, 2.45) is 12.8 Å². The molecule has 100 valence electrons. The zero-order valence-corrected chi connectivity index (χ0v) is 11.3. The maximum Gasteiger partial charge on any atom is 0.224 e. The third-order valence-electron chi connectivity index (χ3n) is 3.52. The number of hydrogen-bond donors (Lipinski definition) is 1. The Labute approximate surface area is 107 Å². The fourth-order valence-corrected chi connectivity index (χ4v) is 2.80. The third-order valence-corrected chi connectivity index (χ3v) is 3.52. The molecule has 1 aliphatic rings. The van der Waals surface area contributed by atoms with Crippen LogP contribution >= 0.6 is 0 Å². The quantitative estimate of drug-likeness (QED) is 0.843. The molecule has 2 rings (SSSR count). The molecule has 18 heavy (non-hydrogen) atoms. The lowest BCUT2D eigenvalue weighted by Crippen LogP contribution is -2.33. The molecule has 0 bridgehead atoms. The second-order valence-electron chi connectivity index (χ2n) is 4.62. The number of ether oxygens (including phenoxy) is 1. The van der Waals surface area contributed by atoms with Gasteiger partial charge in [-0.05, 0) is 13.8 Å². The molecule has 1 fully saturated rings. The van der Waals surface area contributed by atoms with E-state index in [0.717, 1.165) is 11.3 Å². The molecule has 2 N–H and O–H groups in total. The number of likely N-dealkylation sites (N-methyl/N-ethyl adjacent to an activating group) is 1. The lowest BCUT2D eigenvalue weighted by atomic mass is 10.0. The summed E-state index contributed by atoms with van der Waals surface area (Å²) in [6.45, 7) is 4.52. The first kappa shape index (κ1) is 12.9. The van der Waals surface area contributed by atoms with Crippen LogP contribution in [-0.4, -0.2) is 40.3 Å². The van der Waals surface area contributed by atoms with Crippen LogP contribution in [0.15, 0.2) is 0 Å². The van der Waals surface area contributed by atoms with E-state index in [4.69, 9.17) is 10.5 Å². The summed E-state index contributed by atoms with van der Waals surface area (Å²) < 4.78 is 7.08. The summed E-state index contributed by atoms with van der Waals surface area (Å²) in [5.41, 5.74) is 7.91. The number of aromatic nitrogens is 2. The standard InChI is InChI=1S/C12H20N4O2/c1-5-16-9(17)6-8(13)11(16)10-7(2)14-15(3)12(10)18-4/h8,11H,5-6,13H2,1-4H3. The first-order valence-electron chi connectivity index (χ1n) is 6.13. The number of methoxy groups -OCH3 is 1. The van der Waals surface area contributed by atoms with Crippen molar-refractivity contribution in [1.82, 2.24) is 14.7 Å². The van der Waals surface area contributed by atoms with Crippen LogP contribution < -0.4 is 10.5 Å². The van der Waals surface area contributed by atoms with Crippen LogP contribution in [0.1, 0.15) is 30.6 Å². The van der Waals surface area contributed by atoms with E-state index < -0.39 is 0 Å². The molecule has 2 atom stereocenters. The van der Waals surface area contributed by atoms with Gasteiger partial charge in [0.1, 0.15) is 0 Å². The van der Waals surface area contributed by atoms with Crippen LogP contribution in [0.5, 0.6) is 5.88 Å². The van der Waals surface area contributed by atoms with Gasteiger partial charge in [0.05, 0.1) is 24.4 Å². The smallest absolute Gasteiger partial charge is 0.224 e. The highest BCUT2D eigenvalue weighted by Gasteiger charge is 2.41. The van der Waals surface area contributed by atoms with Crippen LogP contribution in [0.25, 0.3) is 0 Å². The molecule has 1 aromatic heterocycles. The summed E-state index contributed by atoms with van der Waals surface area (Å²) in [6.07, 6.45) is 0.385. The van der Waals surface area contributed by atoms with Crippen LogP contribution in [0.4, 0.5) is 0 Å². The average Bonchev–Trinajstić information content (AvgIpc) is 2.74. The minimum absolute atomic E-state index is 0.0975. The van der Waals surface area contributed by atoms with Crippen molar-refractivity contribution in [1.29, 1.82) is 0 Å². The second kappa shape index (κ2) is 4.61. The number of nitrogens with zero attached hydrogens (tertiary/aromatic N) is 3. The van der Waals surface area contributed by atoms with Gasteiger partial charge in [-0.2, -0.15) is 5.10 Å². The number of hydrogen-bond acceptors (Lipinski definition) is 4. The number of aryl methyl sites for hydroxylation is 2. The average molecular weight is 252 g/mol. The zero-order chi connectivity index (χ0) is 13.4. The van der Waals surface area contributed by atoms with Crippen molar-refractivity contribution in [2.75, 3.05) is 13.7 Å². The van der Waals surface area contributed by atoms with E-state index in [1.807, 2.05) is 20.9 Å². The van der Waals surface area contributed by atoms with Gasteiger partial charge in [-0.3, -0.25) is 4.79 Å². The predicted octanol–water partition coefficient (Wildman–Crippen LogP) is 0.358. The van der Waals surface area contributed by atoms with Crippen molar-refractivity contribution in [3.63, 3.8) is 0 Å². The first-order valence-corrected chi connectivity index (χ1v) is 6.13. The number of carbonyl (C=O) groups excluding carboxylic acids is 1. The van der Waals surface area contributed by atoms with E-state index in [0.29, 0.717) is 18.8 Å². The number of carbonyl (C=O) groups is 1. The Morgan fingerprint density at radius 2 is 2.22 bits per heavy atom. The minimum Gasteiger partial charge on any atom is -0.481 e. The van der Waals surface area contributed by atoms with Crippen molar-refractivity contribution in [3.05, 3.63) is 11.3 Å². The SMILES string of the molecule is CCN1C(=O)CC(N)C1c1c(C)nn(C)c1OC. The van der Waals surface area contributed by atoms with Crippen LogP contribution in [0.3, 0.4) is 0 Å². The molecule has 0 spiro atoms. The van der Waals surface area contributed by atoms with E-state index in [1.54, 1.807) is 16.7 Å². The topological polar surface area (TPSA) is 73.4 Å². The highest BCUT2D eigenvalue weighted by Crippen LogP contribution is 2.38.